The van der Waals surface area contributed by atoms with Gasteiger partial charge in [0.1, 0.15) is 0 Å². The van der Waals surface area contributed by atoms with Crippen molar-refractivity contribution in [3.05, 3.63) is 35.4 Å². The summed E-state index contributed by atoms with van der Waals surface area (Å²) in [6, 6.07) is 7.50. The van der Waals surface area contributed by atoms with Crippen molar-refractivity contribution in [2.45, 2.75) is 33.1 Å². The molecule has 1 aromatic rings. The predicted molar refractivity (Wildman–Crippen MR) is 73.6 cm³/mol. The number of ether oxygens (including phenoxy) is 1. The Morgan fingerprint density at radius 1 is 1.29 bits per heavy atom. The van der Waals surface area contributed by atoms with Crippen LogP contribution in [-0.4, -0.2) is 17.4 Å². The Labute approximate surface area is 108 Å². The number of aryl methyl sites for hydroxylation is 1. The molecule has 0 saturated heterocycles. The van der Waals surface area contributed by atoms with Crippen molar-refractivity contribution in [3.8, 4) is 0 Å². The van der Waals surface area contributed by atoms with Crippen LogP contribution in [0.25, 0.3) is 0 Å². The molecule has 0 radical (unpaired) electrons. The molecule has 2 nitrogen and oxygen atoms in total. The van der Waals surface area contributed by atoms with Gasteiger partial charge in [0.15, 0.2) is 10.8 Å². The number of hydrogen-bond acceptors (Lipinski definition) is 3. The molecule has 0 bridgehead atoms. The zero-order valence-electron chi connectivity index (χ0n) is 10.4. The number of benzene rings is 1. The summed E-state index contributed by atoms with van der Waals surface area (Å²) in [5.41, 5.74) is 1.83. The van der Waals surface area contributed by atoms with Crippen LogP contribution >= 0.6 is 12.2 Å². The molecule has 0 heterocycles. The molecule has 0 saturated carbocycles. The second kappa shape index (κ2) is 7.17. The van der Waals surface area contributed by atoms with Gasteiger partial charge in [-0.3, -0.25) is 4.79 Å². The molecule has 0 amide bonds. The monoisotopic (exact) mass is 250 g/mol. The van der Waals surface area contributed by atoms with Crippen LogP contribution in [-0.2, 0) is 4.74 Å². The number of hydrogen-bond donors (Lipinski definition) is 0. The van der Waals surface area contributed by atoms with Gasteiger partial charge in [-0.05, 0) is 25.6 Å². The van der Waals surface area contributed by atoms with E-state index in [2.05, 4.69) is 6.92 Å². The predicted octanol–water partition coefficient (Wildman–Crippen LogP) is 3.71. The van der Waals surface area contributed by atoms with Gasteiger partial charge in [-0.1, -0.05) is 43.2 Å². The van der Waals surface area contributed by atoms with E-state index < -0.39 is 0 Å². The molecule has 1 aromatic carbocycles. The maximum Gasteiger partial charge on any atom is 0.171 e. The highest BCUT2D eigenvalue weighted by molar-refractivity contribution is 7.80. The number of unbranched alkanes of at least 4 members (excludes halogenated alkanes) is 1. The van der Waals surface area contributed by atoms with Crippen molar-refractivity contribution in [3.63, 3.8) is 0 Å². The summed E-state index contributed by atoms with van der Waals surface area (Å²) in [5, 5.41) is 0.393. The summed E-state index contributed by atoms with van der Waals surface area (Å²) in [7, 11) is 0. The summed E-state index contributed by atoms with van der Waals surface area (Å²) in [6.07, 6.45) is 2.23. The van der Waals surface area contributed by atoms with Crippen LogP contribution in [0.2, 0.25) is 0 Å². The first-order chi connectivity index (χ1) is 8.13. The van der Waals surface area contributed by atoms with Crippen LogP contribution in [0.15, 0.2) is 24.3 Å². The topological polar surface area (TPSA) is 26.3 Å². The lowest BCUT2D eigenvalue weighted by Gasteiger charge is -2.06. The zero-order chi connectivity index (χ0) is 12.7. The minimum Gasteiger partial charge on any atom is -0.487 e. The molecule has 1 rings (SSSR count). The highest BCUT2D eigenvalue weighted by Crippen LogP contribution is 2.07. The van der Waals surface area contributed by atoms with Crippen molar-refractivity contribution >= 4 is 23.1 Å². The average Bonchev–Trinajstić information content (AvgIpc) is 2.30. The van der Waals surface area contributed by atoms with E-state index >= 15 is 0 Å². The van der Waals surface area contributed by atoms with E-state index in [9.17, 15) is 4.79 Å². The fourth-order valence-electron chi connectivity index (χ4n) is 1.35. The Bertz CT molecular complexity index is 382. The van der Waals surface area contributed by atoms with Gasteiger partial charge in [0.2, 0.25) is 0 Å². The number of thiocarbonyl (C=S) groups is 1. The van der Waals surface area contributed by atoms with E-state index in [4.69, 9.17) is 17.0 Å². The third-order valence-electron chi connectivity index (χ3n) is 2.44. The molecule has 0 fully saturated rings. The van der Waals surface area contributed by atoms with E-state index in [1.54, 1.807) is 0 Å². The molecular weight excluding hydrogens is 232 g/mol. The summed E-state index contributed by atoms with van der Waals surface area (Å²) in [6.45, 7) is 4.69. The molecule has 0 aliphatic heterocycles. The lowest BCUT2D eigenvalue weighted by Crippen LogP contribution is -2.10. The first-order valence-electron chi connectivity index (χ1n) is 5.89. The molecule has 0 atom stereocenters. The second-order valence-electron chi connectivity index (χ2n) is 4.04. The van der Waals surface area contributed by atoms with Gasteiger partial charge in [0, 0.05) is 5.56 Å². The largest absolute Gasteiger partial charge is 0.487 e. The smallest absolute Gasteiger partial charge is 0.171 e. The van der Waals surface area contributed by atoms with Crippen LogP contribution in [0.5, 0.6) is 0 Å². The van der Waals surface area contributed by atoms with Crippen molar-refractivity contribution in [1.29, 1.82) is 0 Å². The first kappa shape index (κ1) is 13.8. The third kappa shape index (κ3) is 5.09. The van der Waals surface area contributed by atoms with Crippen LogP contribution in [0.4, 0.5) is 0 Å². The normalized spacial score (nSPS) is 10.0. The lowest BCUT2D eigenvalue weighted by molar-refractivity contribution is 0.0994. The van der Waals surface area contributed by atoms with Crippen LogP contribution < -0.4 is 0 Å². The van der Waals surface area contributed by atoms with Gasteiger partial charge in [0.05, 0.1) is 13.0 Å². The van der Waals surface area contributed by atoms with Gasteiger partial charge in [-0.15, -0.1) is 0 Å². The van der Waals surface area contributed by atoms with Crippen molar-refractivity contribution in [2.24, 2.45) is 0 Å². The molecule has 0 aliphatic carbocycles. The quantitative estimate of drug-likeness (QED) is 0.437. The molecule has 0 N–H and O–H groups in total. The molecule has 0 unspecified atom stereocenters. The van der Waals surface area contributed by atoms with Crippen molar-refractivity contribution in [2.75, 3.05) is 6.61 Å². The zero-order valence-corrected chi connectivity index (χ0v) is 11.2. The lowest BCUT2D eigenvalue weighted by atomic mass is 10.1. The third-order valence-corrected chi connectivity index (χ3v) is 2.70. The Morgan fingerprint density at radius 3 is 2.53 bits per heavy atom. The minimum atomic E-state index is 0.0199. The number of ketones is 1. The van der Waals surface area contributed by atoms with E-state index in [1.165, 1.54) is 0 Å². The van der Waals surface area contributed by atoms with Gasteiger partial charge in [-0.25, -0.2) is 0 Å². The molecular formula is C14H18O2S. The van der Waals surface area contributed by atoms with E-state index in [0.717, 1.165) is 18.4 Å². The number of carbonyl (C=O) groups excluding carboxylic acids is 1. The van der Waals surface area contributed by atoms with Gasteiger partial charge in [-0.2, -0.15) is 0 Å². The Hall–Kier alpha value is -1.22. The van der Waals surface area contributed by atoms with Gasteiger partial charge >= 0.3 is 0 Å². The molecule has 0 spiro atoms. The summed E-state index contributed by atoms with van der Waals surface area (Å²) >= 11 is 5.03. The second-order valence-corrected chi connectivity index (χ2v) is 4.50. The molecule has 0 aliphatic rings. The summed E-state index contributed by atoms with van der Waals surface area (Å²) in [4.78, 5) is 11.8. The van der Waals surface area contributed by atoms with E-state index in [0.29, 0.717) is 17.2 Å². The van der Waals surface area contributed by atoms with Gasteiger partial charge in [0.25, 0.3) is 0 Å². The standard InChI is InChI=1S/C14H18O2S/c1-3-4-9-16-14(17)10-13(15)12-7-5-11(2)6-8-12/h5-8H,3-4,9-10H2,1-2H3. The fourth-order valence-corrected chi connectivity index (χ4v) is 1.57. The van der Waals surface area contributed by atoms with Crippen LogP contribution in [0, 0.1) is 6.92 Å². The maximum atomic E-state index is 11.8. The van der Waals surface area contributed by atoms with Crippen molar-refractivity contribution in [1.82, 2.24) is 0 Å². The maximum absolute atomic E-state index is 11.8. The fraction of sp³-hybridized carbons (Fsp3) is 0.429. The summed E-state index contributed by atoms with van der Waals surface area (Å²) < 4.78 is 5.31. The molecule has 0 aromatic heterocycles. The van der Waals surface area contributed by atoms with Crippen LogP contribution in [0.3, 0.4) is 0 Å². The molecule has 3 heteroatoms. The molecule has 17 heavy (non-hydrogen) atoms. The van der Waals surface area contributed by atoms with Crippen LogP contribution in [0.1, 0.15) is 42.1 Å². The Morgan fingerprint density at radius 2 is 1.94 bits per heavy atom. The SMILES string of the molecule is CCCCOC(=S)CC(=O)c1ccc(C)cc1. The average molecular weight is 250 g/mol. The highest BCUT2D eigenvalue weighted by Gasteiger charge is 2.09. The van der Waals surface area contributed by atoms with Gasteiger partial charge < -0.3 is 4.74 Å². The first-order valence-corrected chi connectivity index (χ1v) is 6.29. The van der Waals surface area contributed by atoms with E-state index in [-0.39, 0.29) is 12.2 Å². The highest BCUT2D eigenvalue weighted by atomic mass is 32.1. The molecule has 92 valence electrons. The summed E-state index contributed by atoms with van der Waals surface area (Å²) in [5.74, 6) is 0.0199. The Balaban J connectivity index is 2.43. The van der Waals surface area contributed by atoms with E-state index in [1.807, 2.05) is 31.2 Å². The Kier molecular flexibility index (Phi) is 5.84. The number of carbonyl (C=O) groups is 1. The minimum absolute atomic E-state index is 0.0199. The number of Topliss-reactive ketones (excluding diaryl/α,β-unsaturated/α-hetero) is 1. The van der Waals surface area contributed by atoms with Crippen molar-refractivity contribution < 1.29 is 9.53 Å². The number of rotatable bonds is 6.